The zero-order valence-electron chi connectivity index (χ0n) is 14.6. The molecule has 2 aromatic rings. The van der Waals surface area contributed by atoms with Crippen molar-refractivity contribution in [2.24, 2.45) is 4.99 Å². The van der Waals surface area contributed by atoms with Crippen LogP contribution in [-0.4, -0.2) is 43.7 Å². The molecule has 2 heterocycles. The van der Waals surface area contributed by atoms with Crippen molar-refractivity contribution in [3.05, 3.63) is 44.8 Å². The lowest BCUT2D eigenvalue weighted by atomic mass is 10.2. The summed E-state index contributed by atoms with van der Waals surface area (Å²) in [6.45, 7) is 4.94. The maximum atomic E-state index is 4.49. The summed E-state index contributed by atoms with van der Waals surface area (Å²) in [5.74, 6) is 0.870. The molecule has 0 bridgehead atoms. The van der Waals surface area contributed by atoms with Crippen molar-refractivity contribution in [3.8, 4) is 0 Å². The first-order chi connectivity index (χ1) is 12.1. The van der Waals surface area contributed by atoms with E-state index >= 15 is 0 Å². The van der Waals surface area contributed by atoms with Crippen molar-refractivity contribution in [1.29, 1.82) is 0 Å². The Labute approximate surface area is 161 Å². The van der Waals surface area contributed by atoms with E-state index in [2.05, 4.69) is 71.1 Å². The van der Waals surface area contributed by atoms with E-state index in [1.54, 1.807) is 11.3 Å². The van der Waals surface area contributed by atoms with E-state index < -0.39 is 0 Å². The Morgan fingerprint density at radius 3 is 2.88 bits per heavy atom. The Morgan fingerprint density at radius 1 is 1.40 bits per heavy atom. The second-order valence-electron chi connectivity index (χ2n) is 6.16. The lowest BCUT2D eigenvalue weighted by Crippen LogP contribution is -2.45. The Morgan fingerprint density at radius 2 is 2.20 bits per heavy atom. The predicted molar refractivity (Wildman–Crippen MR) is 110 cm³/mol. The standard InChI is InChI=1S/C18H24BrN5S/c1-13-22-16(12-25-13)7-9-21-18(20-2)23-15-8-10-24(11-15)17-5-3-14(19)4-6-17/h3-6,12,15H,7-11H2,1-2H3,(H2,20,21,23). The van der Waals surface area contributed by atoms with Crippen LogP contribution in [0, 0.1) is 6.92 Å². The highest BCUT2D eigenvalue weighted by Crippen LogP contribution is 2.22. The van der Waals surface area contributed by atoms with Crippen LogP contribution < -0.4 is 15.5 Å². The first-order valence-corrected chi connectivity index (χ1v) is 10.2. The monoisotopic (exact) mass is 421 g/mol. The molecule has 5 nitrogen and oxygen atoms in total. The number of guanidine groups is 1. The molecule has 1 aliphatic heterocycles. The largest absolute Gasteiger partial charge is 0.369 e. The third kappa shape index (κ3) is 5.19. The van der Waals surface area contributed by atoms with Gasteiger partial charge >= 0.3 is 0 Å². The number of hydrogen-bond donors (Lipinski definition) is 2. The minimum absolute atomic E-state index is 0.413. The molecule has 25 heavy (non-hydrogen) atoms. The van der Waals surface area contributed by atoms with Gasteiger partial charge in [-0.1, -0.05) is 15.9 Å². The molecule has 1 saturated heterocycles. The summed E-state index contributed by atoms with van der Waals surface area (Å²) in [4.78, 5) is 11.3. The van der Waals surface area contributed by atoms with E-state index in [1.807, 2.05) is 14.0 Å². The molecule has 2 N–H and O–H groups in total. The van der Waals surface area contributed by atoms with Crippen LogP contribution in [0.5, 0.6) is 0 Å². The van der Waals surface area contributed by atoms with Gasteiger partial charge in [-0.15, -0.1) is 11.3 Å². The number of nitrogens with one attached hydrogen (secondary N) is 2. The number of hydrogen-bond acceptors (Lipinski definition) is 4. The number of aromatic nitrogens is 1. The average molecular weight is 422 g/mol. The molecule has 0 amide bonds. The summed E-state index contributed by atoms with van der Waals surface area (Å²) in [6, 6.07) is 8.93. The molecule has 0 spiro atoms. The molecular formula is C18H24BrN5S. The number of rotatable bonds is 5. The molecule has 1 aromatic heterocycles. The van der Waals surface area contributed by atoms with Gasteiger partial charge in [0.2, 0.25) is 0 Å². The van der Waals surface area contributed by atoms with Crippen molar-refractivity contribution in [2.75, 3.05) is 31.6 Å². The van der Waals surface area contributed by atoms with E-state index in [1.165, 1.54) is 5.69 Å². The maximum Gasteiger partial charge on any atom is 0.191 e. The second-order valence-corrected chi connectivity index (χ2v) is 8.14. The molecule has 1 aliphatic rings. The normalized spacial score (nSPS) is 17.8. The zero-order chi connectivity index (χ0) is 17.6. The maximum absolute atomic E-state index is 4.49. The summed E-state index contributed by atoms with van der Waals surface area (Å²) < 4.78 is 1.12. The van der Waals surface area contributed by atoms with Gasteiger partial charge < -0.3 is 15.5 Å². The number of nitrogens with zero attached hydrogens (tertiary/aromatic N) is 3. The van der Waals surface area contributed by atoms with Crippen LogP contribution in [-0.2, 0) is 6.42 Å². The zero-order valence-corrected chi connectivity index (χ0v) is 17.0. The number of benzene rings is 1. The van der Waals surface area contributed by atoms with Crippen LogP contribution in [0.4, 0.5) is 5.69 Å². The van der Waals surface area contributed by atoms with Gasteiger partial charge in [-0.3, -0.25) is 4.99 Å². The first kappa shape index (κ1) is 18.2. The third-order valence-corrected chi connectivity index (χ3v) is 5.64. The topological polar surface area (TPSA) is 52.6 Å². The fraction of sp³-hybridized carbons (Fsp3) is 0.444. The lowest BCUT2D eigenvalue weighted by Gasteiger charge is -2.20. The van der Waals surface area contributed by atoms with Gasteiger partial charge in [0.15, 0.2) is 5.96 Å². The molecule has 1 atom stereocenters. The summed E-state index contributed by atoms with van der Waals surface area (Å²) in [5, 5.41) is 10.2. The Balaban J connectivity index is 1.45. The second kappa shape index (κ2) is 8.67. The molecular weight excluding hydrogens is 398 g/mol. The van der Waals surface area contributed by atoms with Gasteiger partial charge in [0.1, 0.15) is 0 Å². The van der Waals surface area contributed by atoms with Crippen LogP contribution in [0.1, 0.15) is 17.1 Å². The minimum atomic E-state index is 0.413. The number of halogens is 1. The average Bonchev–Trinajstić information content (AvgIpc) is 3.24. The summed E-state index contributed by atoms with van der Waals surface area (Å²) in [7, 11) is 1.82. The van der Waals surface area contributed by atoms with E-state index in [9.17, 15) is 0 Å². The van der Waals surface area contributed by atoms with Crippen LogP contribution in [0.15, 0.2) is 39.1 Å². The number of aliphatic imine (C=N–C) groups is 1. The van der Waals surface area contributed by atoms with E-state index in [0.717, 1.165) is 53.6 Å². The van der Waals surface area contributed by atoms with Crippen molar-refractivity contribution in [3.63, 3.8) is 0 Å². The van der Waals surface area contributed by atoms with E-state index in [4.69, 9.17) is 0 Å². The van der Waals surface area contributed by atoms with Gasteiger partial charge in [0, 0.05) is 54.7 Å². The third-order valence-electron chi connectivity index (χ3n) is 4.28. The quantitative estimate of drug-likeness (QED) is 0.574. The Bertz CT molecular complexity index is 713. The first-order valence-electron chi connectivity index (χ1n) is 8.53. The van der Waals surface area contributed by atoms with Gasteiger partial charge in [0.05, 0.1) is 10.7 Å². The highest BCUT2D eigenvalue weighted by atomic mass is 79.9. The molecule has 1 aromatic carbocycles. The molecule has 1 unspecified atom stereocenters. The molecule has 0 aliphatic carbocycles. The van der Waals surface area contributed by atoms with Crippen molar-refractivity contribution in [1.82, 2.24) is 15.6 Å². The lowest BCUT2D eigenvalue weighted by molar-refractivity contribution is 0.647. The smallest absolute Gasteiger partial charge is 0.191 e. The number of anilines is 1. The van der Waals surface area contributed by atoms with Crippen LogP contribution in [0.3, 0.4) is 0 Å². The van der Waals surface area contributed by atoms with E-state index in [0.29, 0.717) is 6.04 Å². The molecule has 1 fully saturated rings. The van der Waals surface area contributed by atoms with Crippen LogP contribution in [0.25, 0.3) is 0 Å². The summed E-state index contributed by atoms with van der Waals surface area (Å²) in [5.41, 5.74) is 2.42. The predicted octanol–water partition coefficient (Wildman–Crippen LogP) is 3.20. The fourth-order valence-corrected chi connectivity index (χ4v) is 3.90. The Kier molecular flexibility index (Phi) is 6.31. The molecule has 3 rings (SSSR count). The van der Waals surface area contributed by atoms with Gasteiger partial charge in [-0.05, 0) is 37.6 Å². The molecule has 134 valence electrons. The van der Waals surface area contributed by atoms with Crippen molar-refractivity contribution >= 4 is 38.9 Å². The molecule has 7 heteroatoms. The van der Waals surface area contributed by atoms with Gasteiger partial charge in [-0.25, -0.2) is 4.98 Å². The van der Waals surface area contributed by atoms with Gasteiger partial charge in [-0.2, -0.15) is 0 Å². The van der Waals surface area contributed by atoms with Crippen LogP contribution >= 0.6 is 27.3 Å². The van der Waals surface area contributed by atoms with Crippen molar-refractivity contribution < 1.29 is 0 Å². The fourth-order valence-electron chi connectivity index (χ4n) is 2.98. The SMILES string of the molecule is CN=C(NCCc1csc(C)n1)NC1CCN(c2ccc(Br)cc2)C1. The van der Waals surface area contributed by atoms with Gasteiger partial charge in [0.25, 0.3) is 0 Å². The van der Waals surface area contributed by atoms with Crippen LogP contribution in [0.2, 0.25) is 0 Å². The van der Waals surface area contributed by atoms with Crippen molar-refractivity contribution in [2.45, 2.75) is 25.8 Å². The number of aryl methyl sites for hydroxylation is 1. The van der Waals surface area contributed by atoms with E-state index in [-0.39, 0.29) is 0 Å². The summed E-state index contributed by atoms with van der Waals surface area (Å²) in [6.07, 6.45) is 2.03. The highest BCUT2D eigenvalue weighted by Gasteiger charge is 2.23. The Hall–Kier alpha value is -1.60. The minimum Gasteiger partial charge on any atom is -0.369 e. The molecule has 0 saturated carbocycles. The summed E-state index contributed by atoms with van der Waals surface area (Å²) >= 11 is 5.19. The molecule has 0 radical (unpaired) electrons. The highest BCUT2D eigenvalue weighted by molar-refractivity contribution is 9.10. The number of thiazole rings is 1.